The molecule has 0 aromatic heterocycles. The lowest BCUT2D eigenvalue weighted by Crippen LogP contribution is -2.54. The van der Waals surface area contributed by atoms with Gasteiger partial charge in [0, 0.05) is 44.4 Å². The van der Waals surface area contributed by atoms with Gasteiger partial charge in [0.2, 0.25) is 17.7 Å². The molecule has 2 unspecified atom stereocenters. The van der Waals surface area contributed by atoms with Crippen LogP contribution in [0.25, 0.3) is 0 Å². The number of ether oxygens (including phenoxy) is 3. The van der Waals surface area contributed by atoms with Crippen molar-refractivity contribution in [1.29, 1.82) is 5.53 Å². The second kappa shape index (κ2) is 17.7. The Bertz CT molecular complexity index is 2270. The fraction of sp³-hybridized carbons (Fsp3) is 0.357. The summed E-state index contributed by atoms with van der Waals surface area (Å²) >= 11 is 0. The predicted octanol–water partition coefficient (Wildman–Crippen LogP) is 3.58. The van der Waals surface area contributed by atoms with Crippen LogP contribution in [-0.2, 0) is 23.9 Å². The van der Waals surface area contributed by atoms with E-state index < -0.39 is 35.6 Å². The van der Waals surface area contributed by atoms with Crippen molar-refractivity contribution in [2.75, 3.05) is 58.4 Å². The van der Waals surface area contributed by atoms with Crippen LogP contribution in [0.4, 0.5) is 5.69 Å². The van der Waals surface area contributed by atoms with E-state index in [4.69, 9.17) is 24.8 Å². The summed E-state index contributed by atoms with van der Waals surface area (Å²) in [5, 5.41) is 15.9. The van der Waals surface area contributed by atoms with Crippen molar-refractivity contribution >= 4 is 47.3 Å². The Labute approximate surface area is 345 Å². The number of nitrogens with zero attached hydrogens (tertiary/aromatic N) is 7. The zero-order valence-electron chi connectivity index (χ0n) is 32.9. The summed E-state index contributed by atoms with van der Waals surface area (Å²) in [6, 6.07) is 20.8. The predicted molar refractivity (Wildman–Crippen MR) is 216 cm³/mol. The third-order valence-corrected chi connectivity index (χ3v) is 11.0. The van der Waals surface area contributed by atoms with E-state index >= 15 is 0 Å². The maximum atomic E-state index is 13.1. The fourth-order valence-electron chi connectivity index (χ4n) is 7.99. The molecule has 5 amide bonds. The number of likely N-dealkylation sites (N-methyl/N-ethyl adjacent to an activating group) is 1. The number of nitrogens with one attached hydrogen (secondary N) is 3. The number of anilines is 1. The number of carbonyl (C=O) groups is 5. The number of hydrogen-bond acceptors (Lipinski definition) is 15. The zero-order valence-corrected chi connectivity index (χ0v) is 32.9. The Morgan fingerprint density at radius 1 is 0.900 bits per heavy atom. The van der Waals surface area contributed by atoms with E-state index in [1.165, 1.54) is 18.2 Å². The van der Waals surface area contributed by atoms with Gasteiger partial charge < -0.3 is 29.3 Å². The molecule has 0 spiro atoms. The molecule has 0 aliphatic carbocycles. The number of imide groups is 2. The molecule has 8 rings (SSSR count). The molecule has 0 saturated carbocycles. The van der Waals surface area contributed by atoms with E-state index in [9.17, 15) is 24.0 Å². The molecule has 5 aliphatic heterocycles. The number of hydrogen-bond donors (Lipinski definition) is 3. The van der Waals surface area contributed by atoms with Gasteiger partial charge >= 0.3 is 0 Å². The lowest BCUT2D eigenvalue weighted by atomic mass is 9.98. The molecular formula is C42H44N10O8. The number of aliphatic imine (C=N–C) groups is 1. The van der Waals surface area contributed by atoms with E-state index in [-0.39, 0.29) is 49.4 Å². The van der Waals surface area contributed by atoms with Crippen LogP contribution < -0.4 is 15.4 Å². The van der Waals surface area contributed by atoms with E-state index in [0.717, 1.165) is 60.0 Å². The third kappa shape index (κ3) is 8.43. The average molecular weight is 817 g/mol. The Balaban J connectivity index is 0.764. The van der Waals surface area contributed by atoms with E-state index in [1.54, 1.807) is 6.34 Å². The summed E-state index contributed by atoms with van der Waals surface area (Å²) in [6.07, 6.45) is 3.32. The Hall–Kier alpha value is -6.63. The molecule has 5 aliphatic rings. The normalized spacial score (nSPS) is 20.6. The molecule has 0 bridgehead atoms. The van der Waals surface area contributed by atoms with Crippen LogP contribution in [0, 0.1) is 5.53 Å². The number of amides is 5. The maximum Gasteiger partial charge on any atom is 0.262 e. The van der Waals surface area contributed by atoms with Gasteiger partial charge in [0.15, 0.2) is 12.0 Å². The number of benzene rings is 3. The van der Waals surface area contributed by atoms with Gasteiger partial charge in [-0.15, -0.1) is 5.11 Å². The average Bonchev–Trinajstić information content (AvgIpc) is 3.77. The lowest BCUT2D eigenvalue weighted by molar-refractivity contribution is -0.136. The van der Waals surface area contributed by atoms with E-state index in [2.05, 4.69) is 30.6 Å². The largest absolute Gasteiger partial charge is 0.457 e. The highest BCUT2D eigenvalue weighted by Crippen LogP contribution is 2.37. The van der Waals surface area contributed by atoms with Crippen molar-refractivity contribution in [2.45, 2.75) is 43.9 Å². The Morgan fingerprint density at radius 3 is 2.38 bits per heavy atom. The molecule has 2 atom stereocenters. The maximum absolute atomic E-state index is 13.1. The minimum atomic E-state index is -1.07. The molecular weight excluding hydrogens is 773 g/mol. The van der Waals surface area contributed by atoms with Gasteiger partial charge in [0.25, 0.3) is 11.8 Å². The van der Waals surface area contributed by atoms with E-state index in [1.807, 2.05) is 66.5 Å². The van der Waals surface area contributed by atoms with Gasteiger partial charge in [-0.1, -0.05) is 18.2 Å². The number of fused-ring (bicyclic) bond motifs is 2. The van der Waals surface area contributed by atoms with Crippen molar-refractivity contribution < 1.29 is 38.2 Å². The van der Waals surface area contributed by atoms with Crippen LogP contribution in [0.2, 0.25) is 0 Å². The number of piperidine rings is 2. The Morgan fingerprint density at radius 2 is 1.63 bits per heavy atom. The van der Waals surface area contributed by atoms with Gasteiger partial charge in [-0.05, 0) is 73.9 Å². The number of likely N-dealkylation sites (tertiary alicyclic amines) is 1. The molecule has 0 radical (unpaired) electrons. The Kier molecular flexibility index (Phi) is 11.8. The molecule has 3 N–H and O–H groups in total. The monoisotopic (exact) mass is 816 g/mol. The van der Waals surface area contributed by atoms with Gasteiger partial charge in [-0.25, -0.2) is 10.5 Å². The first-order valence-electron chi connectivity index (χ1n) is 19.8. The number of rotatable bonds is 15. The van der Waals surface area contributed by atoms with Crippen molar-refractivity contribution in [1.82, 2.24) is 25.0 Å². The summed E-state index contributed by atoms with van der Waals surface area (Å²) in [6.45, 7) is 3.21. The highest BCUT2D eigenvalue weighted by molar-refractivity contribution is 6.24. The highest BCUT2D eigenvalue weighted by atomic mass is 16.5. The van der Waals surface area contributed by atoms with Crippen LogP contribution in [0.5, 0.6) is 11.5 Å². The molecule has 18 nitrogen and oxygen atoms in total. The lowest BCUT2D eigenvalue weighted by Gasteiger charge is -2.41. The quantitative estimate of drug-likeness (QED) is 0.115. The first-order valence-corrected chi connectivity index (χ1v) is 19.8. The van der Waals surface area contributed by atoms with Crippen molar-refractivity contribution in [3.05, 3.63) is 101 Å². The van der Waals surface area contributed by atoms with Crippen molar-refractivity contribution in [3.63, 3.8) is 0 Å². The minimum Gasteiger partial charge on any atom is -0.457 e. The van der Waals surface area contributed by atoms with Crippen LogP contribution in [-0.4, -0.2) is 133 Å². The van der Waals surface area contributed by atoms with Crippen LogP contribution >= 0.6 is 0 Å². The minimum absolute atomic E-state index is 0.0261. The molecule has 2 saturated heterocycles. The number of para-hydroxylation sites is 1. The summed E-state index contributed by atoms with van der Waals surface area (Å²) in [5.41, 5.74) is 10.8. The number of carbonyl (C=O) groups excluding carboxylic acids is 5. The molecule has 60 heavy (non-hydrogen) atoms. The highest BCUT2D eigenvalue weighted by Gasteiger charge is 2.45. The molecule has 18 heteroatoms. The third-order valence-electron chi connectivity index (χ3n) is 11.0. The van der Waals surface area contributed by atoms with E-state index in [0.29, 0.717) is 30.5 Å². The van der Waals surface area contributed by atoms with Gasteiger partial charge in [0.05, 0.1) is 48.9 Å². The van der Waals surface area contributed by atoms with Crippen LogP contribution in [0.1, 0.15) is 52.0 Å². The summed E-state index contributed by atoms with van der Waals surface area (Å²) in [7, 11) is 1.96. The standard InChI is InChI=1S/C42H44N10O8/c1-49-25-44-38(47-43)36-37(26-7-10-30(11-8-26)60-29-5-3-2-4-6-29)48-52(40(36)49)28-15-17-50(18-16-28)19-20-58-21-22-59-24-35(54)45-27-9-12-31-32(23-27)42(57)51(41(31)56)33-13-14-34(53)46-39(33)55/h2-12,23,25,28,33,40,43H,13-22,24H2,1H3,(H,45,54)(H,46,53,55). The summed E-state index contributed by atoms with van der Waals surface area (Å²) < 4.78 is 17.3. The molecule has 5 heterocycles. The summed E-state index contributed by atoms with van der Waals surface area (Å²) in [4.78, 5) is 72.1. The van der Waals surface area contributed by atoms with Crippen molar-refractivity contribution in [2.24, 2.45) is 15.2 Å². The second-order valence-corrected chi connectivity index (χ2v) is 14.9. The summed E-state index contributed by atoms with van der Waals surface area (Å²) in [5.74, 6) is -1.05. The molecule has 310 valence electrons. The topological polar surface area (TPSA) is 211 Å². The molecule has 3 aromatic rings. The van der Waals surface area contributed by atoms with Gasteiger partial charge in [-0.3, -0.25) is 39.2 Å². The van der Waals surface area contributed by atoms with Gasteiger partial charge in [0.1, 0.15) is 29.9 Å². The SMILES string of the molecule is CN1C=NC(N=N)=C2C(c3ccc(Oc4ccccc4)cc3)=NN(C3CCN(CCOCCOCC(=O)Nc4ccc5c(c4)C(=O)N(C4CCC(=O)NC4=O)C5=O)CC3)C21. The first kappa shape index (κ1) is 40.2. The van der Waals surface area contributed by atoms with Crippen LogP contribution in [0.15, 0.2) is 99.4 Å². The zero-order chi connectivity index (χ0) is 41.8. The van der Waals surface area contributed by atoms with Crippen LogP contribution in [0.3, 0.4) is 0 Å². The smallest absolute Gasteiger partial charge is 0.262 e. The molecule has 2 fully saturated rings. The van der Waals surface area contributed by atoms with Gasteiger partial charge in [-0.2, -0.15) is 5.10 Å². The first-order chi connectivity index (χ1) is 29.2. The fourth-order valence-corrected chi connectivity index (χ4v) is 7.99. The number of hydrazone groups is 1. The molecule has 3 aromatic carbocycles. The van der Waals surface area contributed by atoms with Crippen molar-refractivity contribution in [3.8, 4) is 11.5 Å². The second-order valence-electron chi connectivity index (χ2n) is 14.9.